The lowest BCUT2D eigenvalue weighted by Crippen LogP contribution is -2.49. The number of fused-ring (bicyclic) bond motifs is 5. The second-order valence-electron chi connectivity index (χ2n) is 8.85. The Kier molecular flexibility index (Phi) is 10.1. The predicted molar refractivity (Wildman–Crippen MR) is 115 cm³/mol. The van der Waals surface area contributed by atoms with Crippen LogP contribution in [0.2, 0.25) is 0 Å². The van der Waals surface area contributed by atoms with Gasteiger partial charge in [0.1, 0.15) is 0 Å². The molecule has 0 bridgehead atoms. The summed E-state index contributed by atoms with van der Waals surface area (Å²) in [6.07, 6.45) is 15.6. The van der Waals surface area contributed by atoms with E-state index >= 15 is 0 Å². The highest BCUT2D eigenvalue weighted by Crippen LogP contribution is 2.63. The molecule has 4 aliphatic carbocycles. The van der Waals surface area contributed by atoms with Gasteiger partial charge in [0.15, 0.2) is 0 Å². The van der Waals surface area contributed by atoms with Gasteiger partial charge in [0.25, 0.3) is 0 Å². The van der Waals surface area contributed by atoms with Crippen molar-refractivity contribution in [2.24, 2.45) is 40.9 Å². The molecule has 0 N–H and O–H groups in total. The van der Waals surface area contributed by atoms with E-state index < -0.39 is 0 Å². The van der Waals surface area contributed by atoms with Crippen molar-refractivity contribution in [2.45, 2.75) is 120 Å². The van der Waals surface area contributed by atoms with Crippen molar-refractivity contribution < 1.29 is 0 Å². The van der Waals surface area contributed by atoms with Gasteiger partial charge >= 0.3 is 0 Å². The van der Waals surface area contributed by atoms with Crippen molar-refractivity contribution in [3.8, 4) is 0 Å². The zero-order valence-electron chi connectivity index (χ0n) is 19.0. The highest BCUT2D eigenvalue weighted by Gasteiger charge is 2.55. The van der Waals surface area contributed by atoms with Gasteiger partial charge in [-0.05, 0) is 79.4 Å². The third-order valence-corrected chi connectivity index (χ3v) is 8.02. The van der Waals surface area contributed by atoms with Gasteiger partial charge < -0.3 is 0 Å². The van der Waals surface area contributed by atoms with Crippen LogP contribution in [0.1, 0.15) is 120 Å². The van der Waals surface area contributed by atoms with Gasteiger partial charge in [0.05, 0.1) is 0 Å². The van der Waals surface area contributed by atoms with Gasteiger partial charge in [-0.15, -0.1) is 0 Å². The standard InChI is InChI=1S/C19H32.3C2H6/c1-13-12-14-6-3-4-7-15(14)16-9-11-19(2)10-5-8-17(19)18(13)16;3*1-2/h13-18H,3-12H2,1-2H3;3*1-2H3/t13-,14?,15?,16?,17?,18?,19?;;;/m1.../s1. The molecule has 4 aliphatic rings. The van der Waals surface area contributed by atoms with E-state index in [1.54, 1.807) is 51.4 Å². The monoisotopic (exact) mass is 350 g/mol. The summed E-state index contributed by atoms with van der Waals surface area (Å²) < 4.78 is 0. The van der Waals surface area contributed by atoms with E-state index in [1.807, 2.05) is 41.5 Å². The topological polar surface area (TPSA) is 0 Å². The normalized spacial score (nSPS) is 44.2. The van der Waals surface area contributed by atoms with Crippen LogP contribution in [0.5, 0.6) is 0 Å². The molecule has 0 saturated heterocycles. The molecule has 7 atom stereocenters. The molecule has 4 saturated carbocycles. The molecule has 0 radical (unpaired) electrons. The average Bonchev–Trinajstić information content (AvgIpc) is 3.08. The maximum atomic E-state index is 2.64. The van der Waals surface area contributed by atoms with Crippen LogP contribution in [0.15, 0.2) is 0 Å². The summed E-state index contributed by atoms with van der Waals surface area (Å²) in [6, 6.07) is 0. The molecule has 25 heavy (non-hydrogen) atoms. The first kappa shape index (κ1) is 23.0. The SMILES string of the molecule is CC.CC.CC.C[C@@H]1CC2CCCCC2C2CCC3(C)CCCC3C21. The Hall–Kier alpha value is 0. The fourth-order valence-corrected chi connectivity index (χ4v) is 7.26. The number of hydrogen-bond acceptors (Lipinski definition) is 0. The van der Waals surface area contributed by atoms with Crippen molar-refractivity contribution >= 4 is 0 Å². The van der Waals surface area contributed by atoms with Crippen LogP contribution in [0.25, 0.3) is 0 Å². The Morgan fingerprint density at radius 3 is 2.00 bits per heavy atom. The largest absolute Gasteiger partial charge is 0.0683 e. The van der Waals surface area contributed by atoms with E-state index in [4.69, 9.17) is 0 Å². The van der Waals surface area contributed by atoms with Gasteiger partial charge in [0, 0.05) is 0 Å². The number of hydrogen-bond donors (Lipinski definition) is 0. The quantitative estimate of drug-likeness (QED) is 0.409. The van der Waals surface area contributed by atoms with E-state index in [0.717, 1.165) is 40.9 Å². The van der Waals surface area contributed by atoms with Crippen LogP contribution in [-0.4, -0.2) is 0 Å². The third-order valence-electron chi connectivity index (χ3n) is 8.02. The van der Waals surface area contributed by atoms with Crippen molar-refractivity contribution in [2.75, 3.05) is 0 Å². The van der Waals surface area contributed by atoms with Crippen molar-refractivity contribution in [3.05, 3.63) is 0 Å². The summed E-state index contributed by atoms with van der Waals surface area (Å²) in [4.78, 5) is 0. The molecule has 0 aromatic heterocycles. The summed E-state index contributed by atoms with van der Waals surface area (Å²) in [5, 5.41) is 0. The van der Waals surface area contributed by atoms with Gasteiger partial charge in [0.2, 0.25) is 0 Å². The summed E-state index contributed by atoms with van der Waals surface area (Å²) in [7, 11) is 0. The highest BCUT2D eigenvalue weighted by molar-refractivity contribution is 5.04. The van der Waals surface area contributed by atoms with Crippen LogP contribution < -0.4 is 0 Å². The van der Waals surface area contributed by atoms with Crippen molar-refractivity contribution in [1.82, 2.24) is 0 Å². The van der Waals surface area contributed by atoms with E-state index in [9.17, 15) is 0 Å². The smallest absolute Gasteiger partial charge is 0.0295 e. The second kappa shape index (κ2) is 11.0. The third kappa shape index (κ3) is 4.65. The Morgan fingerprint density at radius 2 is 1.32 bits per heavy atom. The molecule has 150 valence electrons. The van der Waals surface area contributed by atoms with Crippen LogP contribution in [0.4, 0.5) is 0 Å². The minimum atomic E-state index is 0.747. The molecule has 0 heteroatoms. The molecule has 0 spiro atoms. The molecule has 0 nitrogen and oxygen atoms in total. The molecular formula is C25H50. The lowest BCUT2D eigenvalue weighted by atomic mass is 9.48. The Bertz CT molecular complexity index is 346. The molecule has 6 unspecified atom stereocenters. The Labute approximate surface area is 160 Å². The second-order valence-corrected chi connectivity index (χ2v) is 8.85. The summed E-state index contributed by atoms with van der Waals surface area (Å²) in [5.74, 6) is 6.64. The lowest BCUT2D eigenvalue weighted by Gasteiger charge is -2.57. The molecular weight excluding hydrogens is 300 g/mol. The lowest BCUT2D eigenvalue weighted by molar-refractivity contribution is -0.0785. The van der Waals surface area contributed by atoms with E-state index in [-0.39, 0.29) is 0 Å². The molecule has 0 amide bonds. The Balaban J connectivity index is 0.000000475. The first-order valence-corrected chi connectivity index (χ1v) is 12.2. The molecule has 0 aliphatic heterocycles. The van der Waals surface area contributed by atoms with E-state index in [1.165, 1.54) is 12.8 Å². The molecule has 4 fully saturated rings. The summed E-state index contributed by atoms with van der Waals surface area (Å²) in [6.45, 7) is 17.3. The van der Waals surface area contributed by atoms with Crippen molar-refractivity contribution in [3.63, 3.8) is 0 Å². The van der Waals surface area contributed by atoms with Gasteiger partial charge in [-0.25, -0.2) is 0 Å². The van der Waals surface area contributed by atoms with Crippen LogP contribution in [-0.2, 0) is 0 Å². The first-order valence-electron chi connectivity index (χ1n) is 12.2. The minimum absolute atomic E-state index is 0.747. The zero-order valence-corrected chi connectivity index (χ0v) is 19.0. The highest BCUT2D eigenvalue weighted by atomic mass is 14.6. The van der Waals surface area contributed by atoms with Crippen LogP contribution in [0.3, 0.4) is 0 Å². The fourth-order valence-electron chi connectivity index (χ4n) is 7.26. The first-order chi connectivity index (χ1) is 12.2. The maximum absolute atomic E-state index is 2.64. The van der Waals surface area contributed by atoms with Gasteiger partial charge in [-0.3, -0.25) is 0 Å². The average molecular weight is 351 g/mol. The zero-order chi connectivity index (χ0) is 19.0. The van der Waals surface area contributed by atoms with Crippen molar-refractivity contribution in [1.29, 1.82) is 0 Å². The summed E-state index contributed by atoms with van der Waals surface area (Å²) in [5.41, 5.74) is 0.747. The fraction of sp³-hybridized carbons (Fsp3) is 1.00. The van der Waals surface area contributed by atoms with Crippen LogP contribution >= 0.6 is 0 Å². The molecule has 0 heterocycles. The van der Waals surface area contributed by atoms with Gasteiger partial charge in [-0.2, -0.15) is 0 Å². The summed E-state index contributed by atoms with van der Waals surface area (Å²) >= 11 is 0. The molecule has 4 rings (SSSR count). The minimum Gasteiger partial charge on any atom is -0.0683 e. The predicted octanol–water partition coefficient (Wildman–Crippen LogP) is 8.74. The van der Waals surface area contributed by atoms with E-state index in [0.29, 0.717) is 0 Å². The van der Waals surface area contributed by atoms with Gasteiger partial charge in [-0.1, -0.05) is 81.1 Å². The molecule has 0 aromatic carbocycles. The molecule has 0 aromatic rings. The van der Waals surface area contributed by atoms with E-state index in [2.05, 4.69) is 13.8 Å². The Morgan fingerprint density at radius 1 is 0.680 bits per heavy atom. The maximum Gasteiger partial charge on any atom is -0.0295 e. The number of rotatable bonds is 0. The van der Waals surface area contributed by atoms with Crippen LogP contribution in [0, 0.1) is 40.9 Å².